The summed E-state index contributed by atoms with van der Waals surface area (Å²) in [5, 5.41) is 2.95. The molecule has 0 fully saturated rings. The molecule has 2 aromatic carbocycles. The average molecular weight is 376 g/mol. The van der Waals surface area contributed by atoms with E-state index >= 15 is 0 Å². The van der Waals surface area contributed by atoms with Crippen LogP contribution in [0.25, 0.3) is 22.8 Å². The van der Waals surface area contributed by atoms with E-state index in [9.17, 15) is 4.79 Å². The van der Waals surface area contributed by atoms with Gasteiger partial charge in [0.05, 0.1) is 21.3 Å². The summed E-state index contributed by atoms with van der Waals surface area (Å²) in [7, 11) is 4.74. The second kappa shape index (κ2) is 7.15. The molecule has 28 heavy (non-hydrogen) atoms. The van der Waals surface area contributed by atoms with Gasteiger partial charge in [0.1, 0.15) is 0 Å². The number of carbonyl (C=O) groups is 1. The zero-order chi connectivity index (χ0) is 19.7. The van der Waals surface area contributed by atoms with E-state index < -0.39 is 0 Å². The molecule has 6 nitrogen and oxygen atoms in total. The molecular weight excluding hydrogens is 356 g/mol. The van der Waals surface area contributed by atoms with Crippen molar-refractivity contribution < 1.29 is 19.0 Å². The Morgan fingerprint density at radius 3 is 2.25 bits per heavy atom. The van der Waals surface area contributed by atoms with E-state index in [-0.39, 0.29) is 5.91 Å². The molecule has 2 N–H and O–H groups in total. The van der Waals surface area contributed by atoms with Crippen molar-refractivity contribution in [1.29, 1.82) is 0 Å². The number of amides is 1. The number of rotatable bonds is 5. The summed E-state index contributed by atoms with van der Waals surface area (Å²) < 4.78 is 16.3. The van der Waals surface area contributed by atoms with E-state index in [1.54, 1.807) is 21.3 Å². The van der Waals surface area contributed by atoms with Crippen LogP contribution in [-0.4, -0.2) is 32.2 Å². The molecule has 1 aliphatic rings. The van der Waals surface area contributed by atoms with E-state index in [0.717, 1.165) is 27.9 Å². The first-order valence-corrected chi connectivity index (χ1v) is 8.75. The molecule has 3 aromatic rings. The van der Waals surface area contributed by atoms with Crippen LogP contribution in [0.3, 0.4) is 0 Å². The third-order valence-corrected chi connectivity index (χ3v) is 4.73. The zero-order valence-corrected chi connectivity index (χ0v) is 15.8. The highest BCUT2D eigenvalue weighted by molar-refractivity contribution is 6.35. The number of H-pyrrole nitrogens is 1. The minimum atomic E-state index is -0.113. The molecule has 142 valence electrons. The molecule has 0 aliphatic carbocycles. The topological polar surface area (TPSA) is 72.6 Å². The molecule has 0 atom stereocenters. The Bertz CT molecular complexity index is 1040. The van der Waals surface area contributed by atoms with Crippen LogP contribution in [0.5, 0.6) is 17.2 Å². The number of carbonyl (C=O) groups excluding carboxylic acids is 1. The number of benzene rings is 2. The molecule has 0 spiro atoms. The standard InChI is InChI=1S/C22H20N2O4/c1-26-19-10-15(11-20(27-2)21(19)28-3)14-4-5-16-17(8-13-6-7-23-12-13)22(25)24-18(16)9-14/h4-12,23H,1-3H3,(H,24,25)/b17-8-. The molecular formula is C22H20N2O4. The van der Waals surface area contributed by atoms with E-state index in [1.807, 2.05) is 54.9 Å². The molecule has 0 radical (unpaired) electrons. The lowest BCUT2D eigenvalue weighted by atomic mass is 9.99. The number of aromatic amines is 1. The van der Waals surface area contributed by atoms with E-state index in [4.69, 9.17) is 14.2 Å². The summed E-state index contributed by atoms with van der Waals surface area (Å²) in [6.07, 6.45) is 5.55. The smallest absolute Gasteiger partial charge is 0.256 e. The first-order chi connectivity index (χ1) is 13.6. The summed E-state index contributed by atoms with van der Waals surface area (Å²) >= 11 is 0. The van der Waals surface area contributed by atoms with Crippen LogP contribution in [0.1, 0.15) is 11.1 Å². The zero-order valence-electron chi connectivity index (χ0n) is 15.8. The van der Waals surface area contributed by atoms with Crippen molar-refractivity contribution in [1.82, 2.24) is 4.98 Å². The summed E-state index contributed by atoms with van der Waals surface area (Å²) in [4.78, 5) is 15.4. The Labute approximate surface area is 162 Å². The molecule has 0 saturated carbocycles. The van der Waals surface area contributed by atoms with Crippen molar-refractivity contribution in [2.24, 2.45) is 0 Å². The largest absolute Gasteiger partial charge is 0.493 e. The van der Waals surface area contributed by atoms with Gasteiger partial charge in [-0.3, -0.25) is 4.79 Å². The minimum absolute atomic E-state index is 0.113. The van der Waals surface area contributed by atoms with Gasteiger partial charge < -0.3 is 24.5 Å². The van der Waals surface area contributed by atoms with Crippen molar-refractivity contribution in [3.8, 4) is 28.4 Å². The Kier molecular flexibility index (Phi) is 4.53. The van der Waals surface area contributed by atoms with Crippen LogP contribution in [0, 0.1) is 0 Å². The third-order valence-electron chi connectivity index (χ3n) is 4.73. The molecule has 2 heterocycles. The molecule has 1 amide bonds. The number of methoxy groups -OCH3 is 3. The molecule has 0 saturated heterocycles. The van der Waals surface area contributed by atoms with Gasteiger partial charge in [-0.25, -0.2) is 0 Å². The van der Waals surface area contributed by atoms with Gasteiger partial charge in [-0.1, -0.05) is 12.1 Å². The fraction of sp³-hybridized carbons (Fsp3) is 0.136. The summed E-state index contributed by atoms with van der Waals surface area (Å²) in [5.74, 6) is 1.59. The second-order valence-corrected chi connectivity index (χ2v) is 6.33. The maximum Gasteiger partial charge on any atom is 0.256 e. The fourth-order valence-corrected chi connectivity index (χ4v) is 3.36. The number of aromatic nitrogens is 1. The lowest BCUT2D eigenvalue weighted by Gasteiger charge is -2.14. The summed E-state index contributed by atoms with van der Waals surface area (Å²) in [6.45, 7) is 0. The first-order valence-electron chi connectivity index (χ1n) is 8.75. The number of anilines is 1. The Hall–Kier alpha value is -3.67. The van der Waals surface area contributed by atoms with Crippen molar-refractivity contribution in [3.05, 3.63) is 59.9 Å². The average Bonchev–Trinajstić information content (AvgIpc) is 3.34. The second-order valence-electron chi connectivity index (χ2n) is 6.33. The number of ether oxygens (including phenoxy) is 3. The van der Waals surface area contributed by atoms with Gasteiger partial charge in [0.15, 0.2) is 11.5 Å². The van der Waals surface area contributed by atoms with Crippen molar-refractivity contribution in [2.45, 2.75) is 0 Å². The highest BCUT2D eigenvalue weighted by Gasteiger charge is 2.25. The quantitative estimate of drug-likeness (QED) is 0.655. The highest BCUT2D eigenvalue weighted by Crippen LogP contribution is 2.43. The Balaban J connectivity index is 1.77. The maximum absolute atomic E-state index is 12.4. The van der Waals surface area contributed by atoms with Crippen LogP contribution in [0.4, 0.5) is 5.69 Å². The predicted octanol–water partition coefficient (Wildman–Crippen LogP) is 4.20. The normalized spacial score (nSPS) is 14.0. The molecule has 6 heteroatoms. The van der Waals surface area contributed by atoms with Gasteiger partial charge in [-0.2, -0.15) is 0 Å². The van der Waals surface area contributed by atoms with Gasteiger partial charge in [0, 0.05) is 29.2 Å². The highest BCUT2D eigenvalue weighted by atomic mass is 16.5. The molecule has 4 rings (SSSR count). The first kappa shape index (κ1) is 17.7. The minimum Gasteiger partial charge on any atom is -0.493 e. The van der Waals surface area contributed by atoms with Crippen LogP contribution < -0.4 is 19.5 Å². The molecule has 1 aliphatic heterocycles. The Morgan fingerprint density at radius 2 is 1.64 bits per heavy atom. The van der Waals surface area contributed by atoms with E-state index in [1.165, 1.54) is 0 Å². The van der Waals surface area contributed by atoms with Crippen LogP contribution in [0.15, 0.2) is 48.8 Å². The van der Waals surface area contributed by atoms with Crippen LogP contribution in [-0.2, 0) is 4.79 Å². The monoisotopic (exact) mass is 376 g/mol. The summed E-state index contributed by atoms with van der Waals surface area (Å²) in [5.41, 5.74) is 5.08. The number of hydrogen-bond donors (Lipinski definition) is 2. The number of nitrogens with one attached hydrogen (secondary N) is 2. The van der Waals surface area contributed by atoms with Crippen molar-refractivity contribution >= 4 is 23.2 Å². The number of hydrogen-bond acceptors (Lipinski definition) is 4. The van der Waals surface area contributed by atoms with Gasteiger partial charge in [-0.05, 0) is 47.0 Å². The van der Waals surface area contributed by atoms with Gasteiger partial charge in [0.25, 0.3) is 5.91 Å². The Morgan fingerprint density at radius 1 is 0.893 bits per heavy atom. The maximum atomic E-state index is 12.4. The molecule has 0 bridgehead atoms. The van der Waals surface area contributed by atoms with Gasteiger partial charge in [-0.15, -0.1) is 0 Å². The van der Waals surface area contributed by atoms with Crippen LogP contribution >= 0.6 is 0 Å². The van der Waals surface area contributed by atoms with Crippen LogP contribution in [0.2, 0.25) is 0 Å². The SMILES string of the molecule is COc1cc(-c2ccc3c(c2)NC(=O)/C3=C\c2cc[nH]c2)cc(OC)c1OC. The number of fused-ring (bicyclic) bond motifs is 1. The predicted molar refractivity (Wildman–Crippen MR) is 109 cm³/mol. The third kappa shape index (κ3) is 2.99. The van der Waals surface area contributed by atoms with Gasteiger partial charge in [0.2, 0.25) is 5.75 Å². The molecule has 1 aromatic heterocycles. The van der Waals surface area contributed by atoms with E-state index in [0.29, 0.717) is 22.8 Å². The van der Waals surface area contributed by atoms with Gasteiger partial charge >= 0.3 is 0 Å². The van der Waals surface area contributed by atoms with Crippen molar-refractivity contribution in [3.63, 3.8) is 0 Å². The lowest BCUT2D eigenvalue weighted by molar-refractivity contribution is -0.110. The van der Waals surface area contributed by atoms with E-state index in [2.05, 4.69) is 10.3 Å². The molecule has 0 unspecified atom stereocenters. The lowest BCUT2D eigenvalue weighted by Crippen LogP contribution is -2.03. The summed E-state index contributed by atoms with van der Waals surface area (Å²) in [6, 6.07) is 11.6. The fourth-order valence-electron chi connectivity index (χ4n) is 3.36. The van der Waals surface area contributed by atoms with Crippen molar-refractivity contribution in [2.75, 3.05) is 26.6 Å².